The largest absolute Gasteiger partial charge is 0.371 e. The lowest BCUT2D eigenvalue weighted by Crippen LogP contribution is -2.31. The number of hydrogen-bond donors (Lipinski definition) is 0. The van der Waals surface area contributed by atoms with E-state index in [1.54, 1.807) is 0 Å². The Morgan fingerprint density at radius 1 is 1.36 bits per heavy atom. The van der Waals surface area contributed by atoms with E-state index in [-0.39, 0.29) is 11.4 Å². The van der Waals surface area contributed by atoms with E-state index in [0.717, 1.165) is 5.56 Å². The Hall–Kier alpha value is -0.670. The fourth-order valence-electron chi connectivity index (χ4n) is 1.55. The minimum Gasteiger partial charge on any atom is -0.371 e. The first-order valence-corrected chi connectivity index (χ1v) is 6.19. The van der Waals surface area contributed by atoms with Crippen LogP contribution in [-0.4, -0.2) is 21.8 Å². The van der Waals surface area contributed by atoms with Crippen LogP contribution in [0.2, 0.25) is 0 Å². The predicted octanol–water partition coefficient (Wildman–Crippen LogP) is 1.90. The number of rotatable bonds is 1. The van der Waals surface area contributed by atoms with Crippen LogP contribution in [0.15, 0.2) is 30.3 Å². The van der Waals surface area contributed by atoms with Crippen molar-refractivity contribution in [3.05, 3.63) is 35.9 Å². The monoisotopic (exact) mass is 210 g/mol. The summed E-state index contributed by atoms with van der Waals surface area (Å²) in [5.41, 5.74) is 1.13. The summed E-state index contributed by atoms with van der Waals surface area (Å²) in [5, 5.41) is 0.176. The molecule has 1 saturated heterocycles. The van der Waals surface area contributed by atoms with Gasteiger partial charge >= 0.3 is 0 Å². The SMILES string of the molecule is C[C@H]1CO[C@H](c2ccccc2)CS1=O. The molecule has 0 N–H and O–H groups in total. The van der Waals surface area contributed by atoms with Gasteiger partial charge in [-0.2, -0.15) is 0 Å². The fraction of sp³-hybridized carbons (Fsp3) is 0.455. The number of ether oxygens (including phenoxy) is 1. The molecule has 1 aliphatic heterocycles. The standard InChI is InChI=1S/C11H14O2S/c1-9-7-13-11(8-14(9)12)10-5-3-2-4-6-10/h2-6,9,11H,7-8H2,1H3/t9-,11-,14?/m0/s1. The summed E-state index contributed by atoms with van der Waals surface area (Å²) >= 11 is 0. The molecule has 1 aliphatic rings. The van der Waals surface area contributed by atoms with Gasteiger partial charge in [0.25, 0.3) is 0 Å². The fourth-order valence-corrected chi connectivity index (χ4v) is 2.70. The van der Waals surface area contributed by atoms with E-state index in [2.05, 4.69) is 0 Å². The molecule has 0 aliphatic carbocycles. The first-order chi connectivity index (χ1) is 6.77. The Balaban J connectivity index is 2.11. The van der Waals surface area contributed by atoms with E-state index in [9.17, 15) is 4.21 Å². The van der Waals surface area contributed by atoms with E-state index in [1.165, 1.54) is 0 Å². The summed E-state index contributed by atoms with van der Waals surface area (Å²) in [6.45, 7) is 2.57. The Morgan fingerprint density at radius 3 is 2.71 bits per heavy atom. The second-order valence-corrected chi connectivity index (χ2v) is 5.49. The summed E-state index contributed by atoms with van der Waals surface area (Å²) in [6.07, 6.45) is 0.0215. The van der Waals surface area contributed by atoms with Gasteiger partial charge in [0.1, 0.15) is 0 Å². The van der Waals surface area contributed by atoms with Gasteiger partial charge in [-0.3, -0.25) is 4.21 Å². The van der Waals surface area contributed by atoms with Crippen molar-refractivity contribution in [2.75, 3.05) is 12.4 Å². The molecular formula is C11H14O2S. The van der Waals surface area contributed by atoms with Crippen molar-refractivity contribution in [2.24, 2.45) is 0 Å². The highest BCUT2D eigenvalue weighted by molar-refractivity contribution is 7.85. The lowest BCUT2D eigenvalue weighted by molar-refractivity contribution is 0.0622. The highest BCUT2D eigenvalue weighted by atomic mass is 32.2. The molecule has 0 saturated carbocycles. The van der Waals surface area contributed by atoms with Gasteiger partial charge in [-0.1, -0.05) is 30.3 Å². The van der Waals surface area contributed by atoms with Crippen LogP contribution >= 0.6 is 0 Å². The van der Waals surface area contributed by atoms with Crippen molar-refractivity contribution in [1.29, 1.82) is 0 Å². The minimum atomic E-state index is -0.741. The maximum Gasteiger partial charge on any atom is 0.0940 e. The third-order valence-electron chi connectivity index (χ3n) is 2.47. The van der Waals surface area contributed by atoms with Gasteiger partial charge in [-0.05, 0) is 12.5 Å². The molecule has 0 amide bonds. The van der Waals surface area contributed by atoms with Crippen LogP contribution in [0, 0.1) is 0 Å². The van der Waals surface area contributed by atoms with Crippen LogP contribution in [0.25, 0.3) is 0 Å². The van der Waals surface area contributed by atoms with E-state index >= 15 is 0 Å². The Morgan fingerprint density at radius 2 is 2.07 bits per heavy atom. The smallest absolute Gasteiger partial charge is 0.0940 e. The van der Waals surface area contributed by atoms with Crippen molar-refractivity contribution in [3.8, 4) is 0 Å². The highest BCUT2D eigenvalue weighted by Crippen LogP contribution is 2.24. The Kier molecular flexibility index (Phi) is 2.99. The molecule has 1 heterocycles. The molecule has 76 valence electrons. The van der Waals surface area contributed by atoms with Crippen LogP contribution in [0.5, 0.6) is 0 Å². The lowest BCUT2D eigenvalue weighted by Gasteiger charge is -2.26. The summed E-state index contributed by atoms with van der Waals surface area (Å²) in [7, 11) is -0.741. The van der Waals surface area contributed by atoms with E-state index in [1.807, 2.05) is 37.3 Å². The van der Waals surface area contributed by atoms with Gasteiger partial charge in [-0.25, -0.2) is 0 Å². The molecule has 1 fully saturated rings. The number of hydrogen-bond acceptors (Lipinski definition) is 2. The molecule has 0 bridgehead atoms. The Labute approximate surface area is 86.7 Å². The highest BCUT2D eigenvalue weighted by Gasteiger charge is 2.25. The summed E-state index contributed by atoms with van der Waals surface area (Å²) in [5.74, 6) is 0.630. The zero-order valence-corrected chi connectivity index (χ0v) is 9.00. The van der Waals surface area contributed by atoms with Crippen molar-refractivity contribution in [2.45, 2.75) is 18.3 Å². The molecule has 0 aromatic heterocycles. The average molecular weight is 210 g/mol. The zero-order valence-electron chi connectivity index (χ0n) is 8.18. The first kappa shape index (κ1) is 9.87. The number of benzene rings is 1. The van der Waals surface area contributed by atoms with Crippen LogP contribution in [0.4, 0.5) is 0 Å². The van der Waals surface area contributed by atoms with Gasteiger partial charge in [0.15, 0.2) is 0 Å². The third-order valence-corrected chi connectivity index (χ3v) is 4.13. The third kappa shape index (κ3) is 2.04. The van der Waals surface area contributed by atoms with E-state index < -0.39 is 10.8 Å². The molecule has 2 rings (SSSR count). The van der Waals surface area contributed by atoms with Crippen molar-refractivity contribution in [3.63, 3.8) is 0 Å². The van der Waals surface area contributed by atoms with Crippen LogP contribution in [0.3, 0.4) is 0 Å². The molecule has 1 aromatic carbocycles. The van der Waals surface area contributed by atoms with E-state index in [0.29, 0.717) is 12.4 Å². The quantitative estimate of drug-likeness (QED) is 0.707. The molecule has 2 nitrogen and oxygen atoms in total. The molecule has 1 unspecified atom stereocenters. The normalized spacial score (nSPS) is 32.8. The van der Waals surface area contributed by atoms with Gasteiger partial charge in [0.2, 0.25) is 0 Å². The molecule has 3 atom stereocenters. The maximum atomic E-state index is 11.6. The molecule has 0 spiro atoms. The maximum absolute atomic E-state index is 11.6. The van der Waals surface area contributed by atoms with Gasteiger partial charge in [-0.15, -0.1) is 0 Å². The lowest BCUT2D eigenvalue weighted by atomic mass is 10.1. The molecule has 1 aromatic rings. The van der Waals surface area contributed by atoms with E-state index in [4.69, 9.17) is 4.74 Å². The second-order valence-electron chi connectivity index (χ2n) is 3.59. The summed E-state index contributed by atoms with van der Waals surface area (Å²) < 4.78 is 17.3. The average Bonchev–Trinajstić information content (AvgIpc) is 2.23. The van der Waals surface area contributed by atoms with Crippen molar-refractivity contribution < 1.29 is 8.95 Å². The predicted molar refractivity (Wildman–Crippen MR) is 57.6 cm³/mol. The first-order valence-electron chi connectivity index (χ1n) is 4.81. The van der Waals surface area contributed by atoms with Crippen molar-refractivity contribution in [1.82, 2.24) is 0 Å². The van der Waals surface area contributed by atoms with Gasteiger partial charge in [0.05, 0.1) is 23.7 Å². The summed E-state index contributed by atoms with van der Waals surface area (Å²) in [6, 6.07) is 10.0. The zero-order chi connectivity index (χ0) is 9.97. The molecule has 0 radical (unpaired) electrons. The van der Waals surface area contributed by atoms with Crippen molar-refractivity contribution >= 4 is 10.8 Å². The Bertz CT molecular complexity index is 323. The van der Waals surface area contributed by atoms with Crippen LogP contribution in [0.1, 0.15) is 18.6 Å². The second kappa shape index (κ2) is 4.24. The topological polar surface area (TPSA) is 26.3 Å². The van der Waals surface area contributed by atoms with Crippen LogP contribution < -0.4 is 0 Å². The molecule has 3 heteroatoms. The van der Waals surface area contributed by atoms with Crippen LogP contribution in [-0.2, 0) is 15.5 Å². The molecular weight excluding hydrogens is 196 g/mol. The molecule has 14 heavy (non-hydrogen) atoms. The van der Waals surface area contributed by atoms with Gasteiger partial charge < -0.3 is 4.74 Å². The van der Waals surface area contributed by atoms with Gasteiger partial charge in [0, 0.05) is 10.8 Å². The minimum absolute atomic E-state index is 0.0215. The summed E-state index contributed by atoms with van der Waals surface area (Å²) in [4.78, 5) is 0.